The van der Waals surface area contributed by atoms with Gasteiger partial charge in [-0.3, -0.25) is 4.90 Å². The summed E-state index contributed by atoms with van der Waals surface area (Å²) in [5.74, 6) is 0. The molecule has 1 aliphatic heterocycles. The van der Waals surface area contributed by atoms with Crippen LogP contribution in [0, 0.1) is 11.3 Å². The highest BCUT2D eigenvalue weighted by Gasteiger charge is 2.21. The van der Waals surface area contributed by atoms with Crippen LogP contribution in [-0.4, -0.2) is 31.1 Å². The molecule has 3 heteroatoms. The Bertz CT molecular complexity index is 399. The van der Waals surface area contributed by atoms with Crippen molar-refractivity contribution in [3.63, 3.8) is 0 Å². The van der Waals surface area contributed by atoms with Crippen LogP contribution in [0.15, 0.2) is 24.3 Å². The van der Waals surface area contributed by atoms with Gasteiger partial charge in [-0.25, -0.2) is 0 Å². The van der Waals surface area contributed by atoms with E-state index >= 15 is 0 Å². The van der Waals surface area contributed by atoms with Crippen LogP contribution < -0.4 is 5.32 Å². The molecule has 0 saturated carbocycles. The second-order valence-electron chi connectivity index (χ2n) is 4.76. The van der Waals surface area contributed by atoms with E-state index in [1.807, 2.05) is 0 Å². The molecule has 0 aliphatic carbocycles. The smallest absolute Gasteiger partial charge is 0.0641 e. The number of nitrogens with one attached hydrogen (secondary N) is 1. The molecule has 1 atom stereocenters. The standard InChI is InChI=1S/C15H21N3/c1-2-13-3-5-14(6-4-13)15(7-8-16)18-11-9-17-10-12-18/h3-6,15,17H,2,7,9-12H2,1H3/t15-/m1/s1. The summed E-state index contributed by atoms with van der Waals surface area (Å²) in [4.78, 5) is 2.42. The van der Waals surface area contributed by atoms with Crippen LogP contribution in [0.4, 0.5) is 0 Å². The summed E-state index contributed by atoms with van der Waals surface area (Å²) in [5, 5.41) is 12.4. The molecule has 0 bridgehead atoms. The summed E-state index contributed by atoms with van der Waals surface area (Å²) in [6, 6.07) is 11.3. The van der Waals surface area contributed by atoms with Gasteiger partial charge in [0.1, 0.15) is 0 Å². The lowest BCUT2D eigenvalue weighted by molar-refractivity contribution is 0.175. The highest BCUT2D eigenvalue weighted by Crippen LogP contribution is 2.24. The third-order valence-electron chi connectivity index (χ3n) is 3.65. The van der Waals surface area contributed by atoms with E-state index in [4.69, 9.17) is 5.26 Å². The quantitative estimate of drug-likeness (QED) is 0.880. The van der Waals surface area contributed by atoms with Crippen molar-refractivity contribution in [2.24, 2.45) is 0 Å². The van der Waals surface area contributed by atoms with Gasteiger partial charge in [0.05, 0.1) is 12.5 Å². The third-order valence-corrected chi connectivity index (χ3v) is 3.65. The van der Waals surface area contributed by atoms with Gasteiger partial charge in [-0.05, 0) is 17.5 Å². The van der Waals surface area contributed by atoms with Crippen molar-refractivity contribution < 1.29 is 0 Å². The minimum Gasteiger partial charge on any atom is -0.314 e. The fourth-order valence-corrected chi connectivity index (χ4v) is 2.51. The molecule has 0 unspecified atom stereocenters. The number of aryl methyl sites for hydroxylation is 1. The minimum absolute atomic E-state index is 0.253. The molecule has 18 heavy (non-hydrogen) atoms. The summed E-state index contributed by atoms with van der Waals surface area (Å²) < 4.78 is 0. The molecule has 1 aliphatic rings. The largest absolute Gasteiger partial charge is 0.314 e. The van der Waals surface area contributed by atoms with Crippen LogP contribution in [0.25, 0.3) is 0 Å². The number of benzene rings is 1. The Kier molecular flexibility index (Phi) is 4.74. The predicted octanol–water partition coefficient (Wildman–Crippen LogP) is 2.11. The predicted molar refractivity (Wildman–Crippen MR) is 73.2 cm³/mol. The Morgan fingerprint density at radius 2 is 1.94 bits per heavy atom. The second kappa shape index (κ2) is 6.53. The topological polar surface area (TPSA) is 39.1 Å². The molecule has 96 valence electrons. The Morgan fingerprint density at radius 1 is 1.28 bits per heavy atom. The number of nitriles is 1. The van der Waals surface area contributed by atoms with Gasteiger partial charge in [0, 0.05) is 32.2 Å². The second-order valence-corrected chi connectivity index (χ2v) is 4.76. The van der Waals surface area contributed by atoms with Crippen LogP contribution >= 0.6 is 0 Å². The van der Waals surface area contributed by atoms with E-state index in [9.17, 15) is 0 Å². The van der Waals surface area contributed by atoms with Crippen molar-refractivity contribution in [3.8, 4) is 6.07 Å². The number of nitrogens with zero attached hydrogens (tertiary/aromatic N) is 2. The van der Waals surface area contributed by atoms with E-state index in [0.29, 0.717) is 6.42 Å². The third kappa shape index (κ3) is 3.10. The molecule has 0 spiro atoms. The molecular formula is C15H21N3. The molecule has 3 nitrogen and oxygen atoms in total. The van der Waals surface area contributed by atoms with Crippen molar-refractivity contribution in [2.75, 3.05) is 26.2 Å². The van der Waals surface area contributed by atoms with Gasteiger partial charge in [0.2, 0.25) is 0 Å². The zero-order chi connectivity index (χ0) is 12.8. The number of hydrogen-bond acceptors (Lipinski definition) is 3. The average molecular weight is 243 g/mol. The lowest BCUT2D eigenvalue weighted by atomic mass is 10.00. The van der Waals surface area contributed by atoms with Gasteiger partial charge in [-0.15, -0.1) is 0 Å². The normalized spacial score (nSPS) is 18.2. The molecular weight excluding hydrogens is 222 g/mol. The Hall–Kier alpha value is -1.37. The minimum atomic E-state index is 0.253. The molecule has 1 aromatic carbocycles. The number of piperazine rings is 1. The maximum Gasteiger partial charge on any atom is 0.0641 e. The number of rotatable bonds is 4. The van der Waals surface area contributed by atoms with Crippen molar-refractivity contribution in [3.05, 3.63) is 35.4 Å². The maximum atomic E-state index is 9.04. The van der Waals surface area contributed by atoms with Crippen LogP contribution in [-0.2, 0) is 6.42 Å². The van der Waals surface area contributed by atoms with Crippen molar-refractivity contribution >= 4 is 0 Å². The first-order chi connectivity index (χ1) is 8.85. The molecule has 0 radical (unpaired) electrons. The molecule has 1 N–H and O–H groups in total. The summed E-state index contributed by atoms with van der Waals surface area (Å²) in [6.45, 7) is 6.27. The van der Waals surface area contributed by atoms with Crippen LogP contribution in [0.3, 0.4) is 0 Å². The Morgan fingerprint density at radius 3 is 2.50 bits per heavy atom. The number of hydrogen-bond donors (Lipinski definition) is 1. The highest BCUT2D eigenvalue weighted by atomic mass is 15.2. The zero-order valence-electron chi connectivity index (χ0n) is 11.0. The van der Waals surface area contributed by atoms with E-state index in [-0.39, 0.29) is 6.04 Å². The van der Waals surface area contributed by atoms with E-state index in [1.54, 1.807) is 0 Å². The molecule has 1 fully saturated rings. The first kappa shape index (κ1) is 13.1. The fraction of sp³-hybridized carbons (Fsp3) is 0.533. The monoisotopic (exact) mass is 243 g/mol. The maximum absolute atomic E-state index is 9.04. The molecule has 0 amide bonds. The van der Waals surface area contributed by atoms with E-state index in [2.05, 4.69) is 47.5 Å². The van der Waals surface area contributed by atoms with Crippen LogP contribution in [0.5, 0.6) is 0 Å². The van der Waals surface area contributed by atoms with Crippen molar-refractivity contribution in [1.29, 1.82) is 5.26 Å². The van der Waals surface area contributed by atoms with E-state index in [0.717, 1.165) is 32.6 Å². The highest BCUT2D eigenvalue weighted by molar-refractivity contribution is 5.26. The van der Waals surface area contributed by atoms with Gasteiger partial charge >= 0.3 is 0 Å². The average Bonchev–Trinajstić information content (AvgIpc) is 2.46. The van der Waals surface area contributed by atoms with Crippen molar-refractivity contribution in [2.45, 2.75) is 25.8 Å². The first-order valence-electron chi connectivity index (χ1n) is 6.75. The Balaban J connectivity index is 2.14. The molecule has 1 heterocycles. The van der Waals surface area contributed by atoms with Gasteiger partial charge in [-0.2, -0.15) is 5.26 Å². The summed E-state index contributed by atoms with van der Waals surface area (Å²) in [5.41, 5.74) is 2.63. The van der Waals surface area contributed by atoms with Gasteiger partial charge in [-0.1, -0.05) is 31.2 Å². The summed E-state index contributed by atoms with van der Waals surface area (Å²) >= 11 is 0. The van der Waals surface area contributed by atoms with Gasteiger partial charge in [0.15, 0.2) is 0 Å². The van der Waals surface area contributed by atoms with Crippen LogP contribution in [0.2, 0.25) is 0 Å². The zero-order valence-corrected chi connectivity index (χ0v) is 11.0. The van der Waals surface area contributed by atoms with Crippen molar-refractivity contribution in [1.82, 2.24) is 10.2 Å². The lowest BCUT2D eigenvalue weighted by Crippen LogP contribution is -2.45. The summed E-state index contributed by atoms with van der Waals surface area (Å²) in [7, 11) is 0. The molecule has 1 aromatic rings. The fourth-order valence-electron chi connectivity index (χ4n) is 2.51. The van der Waals surface area contributed by atoms with Gasteiger partial charge < -0.3 is 5.32 Å². The van der Waals surface area contributed by atoms with E-state index in [1.165, 1.54) is 11.1 Å². The first-order valence-corrected chi connectivity index (χ1v) is 6.75. The lowest BCUT2D eigenvalue weighted by Gasteiger charge is -2.34. The SMILES string of the molecule is CCc1ccc([C@@H](CC#N)N2CCNCC2)cc1. The molecule has 0 aromatic heterocycles. The molecule has 2 rings (SSSR count). The Labute approximate surface area is 109 Å². The van der Waals surface area contributed by atoms with Crippen LogP contribution in [0.1, 0.15) is 30.5 Å². The van der Waals surface area contributed by atoms with Gasteiger partial charge in [0.25, 0.3) is 0 Å². The summed E-state index contributed by atoms with van der Waals surface area (Å²) in [6.07, 6.45) is 1.64. The molecule has 1 saturated heterocycles. The van der Waals surface area contributed by atoms with E-state index < -0.39 is 0 Å².